The highest BCUT2D eigenvalue weighted by Crippen LogP contribution is 2.28. The summed E-state index contributed by atoms with van der Waals surface area (Å²) in [6.07, 6.45) is 0.620. The molecule has 0 aromatic heterocycles. The molecular weight excluding hydrogens is 256 g/mol. The molecule has 0 fully saturated rings. The van der Waals surface area contributed by atoms with Gasteiger partial charge in [0.25, 0.3) is 0 Å². The van der Waals surface area contributed by atoms with Gasteiger partial charge in [-0.15, -0.1) is 0 Å². The topological polar surface area (TPSA) is 63.6 Å². The summed E-state index contributed by atoms with van der Waals surface area (Å²) in [5.41, 5.74) is 2.99. The van der Waals surface area contributed by atoms with Gasteiger partial charge >= 0.3 is 5.97 Å². The van der Waals surface area contributed by atoms with Gasteiger partial charge in [0, 0.05) is 0 Å². The van der Waals surface area contributed by atoms with Crippen LogP contribution >= 0.6 is 0 Å². The smallest absolute Gasteiger partial charge is 0.337 e. The predicted molar refractivity (Wildman–Crippen MR) is 75.0 cm³/mol. The highest BCUT2D eigenvalue weighted by Gasteiger charge is 2.09. The van der Waals surface area contributed by atoms with Crippen molar-refractivity contribution in [2.75, 3.05) is 7.11 Å². The predicted octanol–water partition coefficient (Wildman–Crippen LogP) is 2.97. The van der Waals surface area contributed by atoms with E-state index in [-0.39, 0.29) is 11.3 Å². The molecule has 0 bridgehead atoms. The normalized spacial score (nSPS) is 10.1. The molecule has 2 aromatic rings. The summed E-state index contributed by atoms with van der Waals surface area (Å²) >= 11 is 0. The van der Waals surface area contributed by atoms with Crippen molar-refractivity contribution in [3.05, 3.63) is 53.1 Å². The van der Waals surface area contributed by atoms with Crippen molar-refractivity contribution in [1.82, 2.24) is 0 Å². The van der Waals surface area contributed by atoms with Crippen molar-refractivity contribution in [1.29, 1.82) is 0 Å². The molecule has 2 aromatic carbocycles. The molecule has 4 nitrogen and oxygen atoms in total. The Hall–Kier alpha value is -2.62. The Balaban J connectivity index is 2.44. The Morgan fingerprint density at radius 3 is 2.35 bits per heavy atom. The Bertz CT molecular complexity index is 657. The van der Waals surface area contributed by atoms with Gasteiger partial charge < -0.3 is 9.84 Å². The molecule has 4 heteroatoms. The number of phenolic OH excluding ortho intramolecular Hbond substituents is 1. The third-order valence-corrected chi connectivity index (χ3v) is 3.10. The van der Waals surface area contributed by atoms with Gasteiger partial charge in [-0.2, -0.15) is 0 Å². The van der Waals surface area contributed by atoms with Crippen molar-refractivity contribution >= 4 is 12.3 Å². The second-order valence-corrected chi connectivity index (χ2v) is 4.42. The molecule has 0 amide bonds. The average molecular weight is 270 g/mol. The Labute approximate surface area is 116 Å². The average Bonchev–Trinajstić information content (AvgIpc) is 2.49. The maximum atomic E-state index is 11.4. The molecule has 0 saturated heterocycles. The van der Waals surface area contributed by atoms with E-state index in [1.807, 2.05) is 0 Å². The minimum Gasteiger partial charge on any atom is -0.507 e. The first-order valence-electron chi connectivity index (χ1n) is 6.04. The summed E-state index contributed by atoms with van der Waals surface area (Å²) in [5, 5.41) is 9.73. The van der Waals surface area contributed by atoms with Gasteiger partial charge in [0.05, 0.1) is 18.2 Å². The molecule has 0 radical (unpaired) electrons. The minimum atomic E-state index is -0.396. The number of rotatable bonds is 3. The zero-order valence-corrected chi connectivity index (χ0v) is 11.2. The van der Waals surface area contributed by atoms with Crippen molar-refractivity contribution < 1.29 is 19.4 Å². The molecule has 2 rings (SSSR count). The monoisotopic (exact) mass is 270 g/mol. The first-order chi connectivity index (χ1) is 9.56. The van der Waals surface area contributed by atoms with E-state index in [2.05, 4.69) is 4.74 Å². The number of phenols is 1. The van der Waals surface area contributed by atoms with Crippen LogP contribution < -0.4 is 0 Å². The quantitative estimate of drug-likeness (QED) is 0.688. The van der Waals surface area contributed by atoms with E-state index >= 15 is 0 Å². The lowest BCUT2D eigenvalue weighted by Gasteiger charge is -2.08. The van der Waals surface area contributed by atoms with Crippen molar-refractivity contribution in [2.45, 2.75) is 6.92 Å². The van der Waals surface area contributed by atoms with Gasteiger partial charge in [-0.05, 0) is 47.9 Å². The Morgan fingerprint density at radius 2 is 1.80 bits per heavy atom. The second kappa shape index (κ2) is 5.57. The number of aldehydes is 1. The van der Waals surface area contributed by atoms with Gasteiger partial charge in [-0.25, -0.2) is 4.79 Å². The summed E-state index contributed by atoms with van der Waals surface area (Å²) in [4.78, 5) is 22.3. The van der Waals surface area contributed by atoms with Crippen LogP contribution in [-0.4, -0.2) is 24.5 Å². The Kier molecular flexibility index (Phi) is 3.84. The van der Waals surface area contributed by atoms with Crippen LogP contribution in [0.2, 0.25) is 0 Å². The van der Waals surface area contributed by atoms with Gasteiger partial charge in [0.2, 0.25) is 0 Å². The summed E-state index contributed by atoms with van der Waals surface area (Å²) in [5.74, 6) is -0.401. The molecule has 1 N–H and O–H groups in total. The molecule has 20 heavy (non-hydrogen) atoms. The molecule has 0 spiro atoms. The number of aryl methyl sites for hydroxylation is 1. The fourth-order valence-corrected chi connectivity index (χ4v) is 1.98. The van der Waals surface area contributed by atoms with E-state index in [0.29, 0.717) is 17.4 Å². The van der Waals surface area contributed by atoms with E-state index in [1.54, 1.807) is 43.3 Å². The number of hydrogen-bond donors (Lipinski definition) is 1. The molecule has 0 aliphatic rings. The number of benzene rings is 2. The number of aromatic hydroxyl groups is 1. The number of methoxy groups -OCH3 is 1. The van der Waals surface area contributed by atoms with Crippen LogP contribution in [0.1, 0.15) is 26.3 Å². The van der Waals surface area contributed by atoms with Crippen molar-refractivity contribution in [2.24, 2.45) is 0 Å². The molecule has 102 valence electrons. The summed E-state index contributed by atoms with van der Waals surface area (Å²) in [6, 6.07) is 10.3. The summed E-state index contributed by atoms with van der Waals surface area (Å²) < 4.78 is 4.63. The maximum absolute atomic E-state index is 11.4. The van der Waals surface area contributed by atoms with E-state index in [4.69, 9.17) is 0 Å². The van der Waals surface area contributed by atoms with Gasteiger partial charge in [-0.3, -0.25) is 4.79 Å². The van der Waals surface area contributed by atoms with Crippen LogP contribution in [0.5, 0.6) is 5.75 Å². The van der Waals surface area contributed by atoms with Crippen LogP contribution in [0.15, 0.2) is 36.4 Å². The largest absolute Gasteiger partial charge is 0.507 e. The van der Waals surface area contributed by atoms with Gasteiger partial charge in [0.1, 0.15) is 5.75 Å². The van der Waals surface area contributed by atoms with Crippen molar-refractivity contribution in [3.8, 4) is 16.9 Å². The molecule has 0 aliphatic heterocycles. The SMILES string of the molecule is COC(=O)c1ccc(-c2cc(C)c(O)c(C=O)c2)cc1. The fourth-order valence-electron chi connectivity index (χ4n) is 1.98. The first-order valence-corrected chi connectivity index (χ1v) is 6.04. The van der Waals surface area contributed by atoms with E-state index < -0.39 is 5.97 Å². The van der Waals surface area contributed by atoms with Crippen LogP contribution in [0, 0.1) is 6.92 Å². The summed E-state index contributed by atoms with van der Waals surface area (Å²) in [6.45, 7) is 1.73. The molecule has 0 heterocycles. The van der Waals surface area contributed by atoms with Gasteiger partial charge in [0.15, 0.2) is 6.29 Å². The first kappa shape index (κ1) is 13.8. The standard InChI is InChI=1S/C16H14O4/c1-10-7-13(8-14(9-17)15(10)18)11-3-5-12(6-4-11)16(19)20-2/h3-9,18H,1-2H3. The number of ether oxygens (including phenoxy) is 1. The Morgan fingerprint density at radius 1 is 1.15 bits per heavy atom. The minimum absolute atomic E-state index is 0.00469. The number of hydrogen-bond acceptors (Lipinski definition) is 4. The molecule has 0 atom stereocenters. The molecule has 0 unspecified atom stereocenters. The van der Waals surface area contributed by atoms with Crippen LogP contribution in [0.25, 0.3) is 11.1 Å². The van der Waals surface area contributed by atoms with Crippen LogP contribution in [0.4, 0.5) is 0 Å². The fraction of sp³-hybridized carbons (Fsp3) is 0.125. The van der Waals surface area contributed by atoms with E-state index in [1.165, 1.54) is 7.11 Å². The third kappa shape index (κ3) is 2.54. The maximum Gasteiger partial charge on any atom is 0.337 e. The molecule has 0 saturated carbocycles. The van der Waals surface area contributed by atoms with E-state index in [9.17, 15) is 14.7 Å². The van der Waals surface area contributed by atoms with Crippen LogP contribution in [-0.2, 0) is 4.74 Å². The highest BCUT2D eigenvalue weighted by molar-refractivity contribution is 5.90. The second-order valence-electron chi connectivity index (χ2n) is 4.42. The third-order valence-electron chi connectivity index (χ3n) is 3.10. The number of carbonyl (C=O) groups is 2. The van der Waals surface area contributed by atoms with Crippen molar-refractivity contribution in [3.63, 3.8) is 0 Å². The lowest BCUT2D eigenvalue weighted by molar-refractivity contribution is 0.0600. The van der Waals surface area contributed by atoms with E-state index in [0.717, 1.165) is 11.1 Å². The molecular formula is C16H14O4. The van der Waals surface area contributed by atoms with Crippen LogP contribution in [0.3, 0.4) is 0 Å². The lowest BCUT2D eigenvalue weighted by atomic mass is 9.99. The highest BCUT2D eigenvalue weighted by atomic mass is 16.5. The zero-order valence-electron chi connectivity index (χ0n) is 11.2. The van der Waals surface area contributed by atoms with Gasteiger partial charge in [-0.1, -0.05) is 12.1 Å². The lowest BCUT2D eigenvalue weighted by Crippen LogP contribution is -2.00. The number of carbonyl (C=O) groups excluding carboxylic acids is 2. The zero-order chi connectivity index (χ0) is 14.7. The molecule has 0 aliphatic carbocycles. The number of esters is 1. The summed E-state index contributed by atoms with van der Waals surface area (Å²) in [7, 11) is 1.33.